The third kappa shape index (κ3) is 5.56. The molecule has 1 amide bonds. The first kappa shape index (κ1) is 22.6. The molecule has 0 saturated heterocycles. The number of anilines is 1. The maximum absolute atomic E-state index is 12.9. The van der Waals surface area contributed by atoms with Gasteiger partial charge < -0.3 is 20.2 Å². The molecule has 0 atom stereocenters. The molecule has 1 aliphatic carbocycles. The zero-order valence-corrected chi connectivity index (χ0v) is 17.9. The number of ether oxygens (including phenoxy) is 1. The number of aromatic nitrogens is 1. The van der Waals surface area contributed by atoms with E-state index in [1.54, 1.807) is 7.05 Å². The standard InChI is InChI=1S/C20H24N4O6S/c1-23(16-6-3-2-4-7-16)31(28,29)17-11-9-15(10-12-17)22-19(25)14-30-18-8-5-13-21-20(18)24(26)27/h5,8-13,16H,2-4,6-7,14H2,1H3,(H,22,25). The van der Waals surface area contributed by atoms with Crippen LogP contribution in [0.1, 0.15) is 32.1 Å². The van der Waals surface area contributed by atoms with Gasteiger partial charge in [0.1, 0.15) is 6.20 Å². The Morgan fingerprint density at radius 2 is 1.90 bits per heavy atom. The molecule has 0 spiro atoms. The highest BCUT2D eigenvalue weighted by molar-refractivity contribution is 7.89. The van der Waals surface area contributed by atoms with Gasteiger partial charge in [-0.15, -0.1) is 0 Å². The normalized spacial score (nSPS) is 14.9. The molecule has 10 nitrogen and oxygen atoms in total. The second-order valence-electron chi connectivity index (χ2n) is 7.26. The lowest BCUT2D eigenvalue weighted by molar-refractivity contribution is -0.390. The fourth-order valence-corrected chi connectivity index (χ4v) is 4.91. The highest BCUT2D eigenvalue weighted by Crippen LogP contribution is 2.27. The summed E-state index contributed by atoms with van der Waals surface area (Å²) in [7, 11) is -2.01. The second-order valence-corrected chi connectivity index (χ2v) is 9.25. The van der Waals surface area contributed by atoms with Gasteiger partial charge in [-0.3, -0.25) is 4.79 Å². The smallest absolute Gasteiger partial charge is 0.406 e. The Morgan fingerprint density at radius 1 is 1.23 bits per heavy atom. The highest BCUT2D eigenvalue weighted by atomic mass is 32.2. The molecule has 1 aliphatic rings. The monoisotopic (exact) mass is 448 g/mol. The molecule has 1 saturated carbocycles. The number of hydrogen-bond donors (Lipinski definition) is 1. The molecule has 11 heteroatoms. The zero-order chi connectivity index (χ0) is 22.4. The Hall–Kier alpha value is -3.05. The molecule has 1 aromatic heterocycles. The van der Waals surface area contributed by atoms with Crippen molar-refractivity contribution in [2.45, 2.75) is 43.0 Å². The summed E-state index contributed by atoms with van der Waals surface area (Å²) in [5.41, 5.74) is 0.383. The van der Waals surface area contributed by atoms with Crippen molar-refractivity contribution in [1.29, 1.82) is 0 Å². The summed E-state index contributed by atoms with van der Waals surface area (Å²) in [5.74, 6) is -1.14. The number of nitro groups is 1. The van der Waals surface area contributed by atoms with Crippen molar-refractivity contribution < 1.29 is 22.9 Å². The second kappa shape index (κ2) is 9.84. The summed E-state index contributed by atoms with van der Waals surface area (Å²) in [6.45, 7) is -0.461. The fraction of sp³-hybridized carbons (Fsp3) is 0.400. The third-order valence-corrected chi connectivity index (χ3v) is 7.11. The van der Waals surface area contributed by atoms with Crippen LogP contribution >= 0.6 is 0 Å². The van der Waals surface area contributed by atoms with Crippen molar-refractivity contribution in [3.8, 4) is 5.75 Å². The quantitative estimate of drug-likeness (QED) is 0.485. The first-order valence-electron chi connectivity index (χ1n) is 9.89. The molecule has 1 fully saturated rings. The van der Waals surface area contributed by atoms with Gasteiger partial charge in [-0.25, -0.2) is 8.42 Å². The Morgan fingerprint density at radius 3 is 2.55 bits per heavy atom. The van der Waals surface area contributed by atoms with Gasteiger partial charge in [0.25, 0.3) is 5.91 Å². The first-order valence-corrected chi connectivity index (χ1v) is 11.3. The van der Waals surface area contributed by atoms with Crippen LogP contribution in [0.4, 0.5) is 11.5 Å². The predicted octanol–water partition coefficient (Wildman–Crippen LogP) is 2.96. The number of sulfonamides is 1. The summed E-state index contributed by atoms with van der Waals surface area (Å²) >= 11 is 0. The lowest BCUT2D eigenvalue weighted by Crippen LogP contribution is -2.38. The van der Waals surface area contributed by atoms with Crippen LogP contribution in [0.2, 0.25) is 0 Å². The highest BCUT2D eigenvalue weighted by Gasteiger charge is 2.29. The van der Waals surface area contributed by atoms with Gasteiger partial charge >= 0.3 is 5.82 Å². The van der Waals surface area contributed by atoms with Crippen molar-refractivity contribution >= 4 is 27.4 Å². The van der Waals surface area contributed by atoms with E-state index in [2.05, 4.69) is 10.3 Å². The number of rotatable bonds is 8. The minimum atomic E-state index is -3.62. The van der Waals surface area contributed by atoms with E-state index in [1.165, 1.54) is 46.9 Å². The van der Waals surface area contributed by atoms with Gasteiger partial charge in [0, 0.05) is 18.8 Å². The molecule has 2 aromatic rings. The minimum Gasteiger partial charge on any atom is -0.476 e. The molecular weight excluding hydrogens is 424 g/mol. The van der Waals surface area contributed by atoms with Gasteiger partial charge in [0.15, 0.2) is 6.61 Å². The molecule has 1 aromatic carbocycles. The average molecular weight is 449 g/mol. The molecule has 166 valence electrons. The van der Waals surface area contributed by atoms with Crippen molar-refractivity contribution in [2.24, 2.45) is 0 Å². The van der Waals surface area contributed by atoms with Crippen LogP contribution in [-0.2, 0) is 14.8 Å². The molecular formula is C20H24N4O6S. The summed E-state index contributed by atoms with van der Waals surface area (Å²) in [4.78, 5) is 26.1. The number of pyridine rings is 1. The molecule has 31 heavy (non-hydrogen) atoms. The van der Waals surface area contributed by atoms with Gasteiger partial charge in [-0.2, -0.15) is 4.31 Å². The maximum atomic E-state index is 12.9. The largest absolute Gasteiger partial charge is 0.476 e. The fourth-order valence-electron chi connectivity index (χ4n) is 3.49. The number of nitrogens with zero attached hydrogens (tertiary/aromatic N) is 3. The summed E-state index contributed by atoms with van der Waals surface area (Å²) < 4.78 is 32.4. The topological polar surface area (TPSA) is 132 Å². The molecule has 3 rings (SSSR count). The van der Waals surface area contributed by atoms with Crippen LogP contribution in [0.25, 0.3) is 0 Å². The van der Waals surface area contributed by atoms with E-state index in [0.717, 1.165) is 32.1 Å². The third-order valence-electron chi connectivity index (χ3n) is 5.19. The van der Waals surface area contributed by atoms with Crippen LogP contribution in [0.15, 0.2) is 47.5 Å². The summed E-state index contributed by atoms with van der Waals surface area (Å²) in [5, 5.41) is 13.5. The van der Waals surface area contributed by atoms with E-state index in [9.17, 15) is 23.3 Å². The molecule has 0 radical (unpaired) electrons. The molecule has 0 unspecified atom stereocenters. The summed E-state index contributed by atoms with van der Waals surface area (Å²) in [6, 6.07) is 8.68. The van der Waals surface area contributed by atoms with E-state index in [-0.39, 0.29) is 16.7 Å². The van der Waals surface area contributed by atoms with Crippen molar-refractivity contribution in [3.63, 3.8) is 0 Å². The number of carbonyl (C=O) groups excluding carboxylic acids is 1. The number of amides is 1. The van der Waals surface area contributed by atoms with Crippen LogP contribution in [0, 0.1) is 10.1 Å². The van der Waals surface area contributed by atoms with Crippen molar-refractivity contribution in [3.05, 3.63) is 52.7 Å². The number of nitrogens with one attached hydrogen (secondary N) is 1. The lowest BCUT2D eigenvalue weighted by Gasteiger charge is -2.30. The van der Waals surface area contributed by atoms with Crippen molar-refractivity contribution in [1.82, 2.24) is 9.29 Å². The SMILES string of the molecule is CN(C1CCCCC1)S(=O)(=O)c1ccc(NC(=O)COc2cccnc2[N+](=O)[O-])cc1. The van der Waals surface area contributed by atoms with Crippen LogP contribution in [0.5, 0.6) is 5.75 Å². The zero-order valence-electron chi connectivity index (χ0n) is 17.1. The molecule has 0 bridgehead atoms. The van der Waals surface area contributed by atoms with Crippen LogP contribution in [-0.4, -0.2) is 48.2 Å². The Bertz CT molecular complexity index is 1040. The minimum absolute atomic E-state index is 0.00631. The van der Waals surface area contributed by atoms with Crippen LogP contribution in [0.3, 0.4) is 0 Å². The Kier molecular flexibility index (Phi) is 7.18. The molecule has 1 heterocycles. The number of hydrogen-bond acceptors (Lipinski definition) is 7. The van der Waals surface area contributed by atoms with Gasteiger partial charge in [-0.05, 0) is 59.1 Å². The van der Waals surface area contributed by atoms with Gasteiger partial charge in [-0.1, -0.05) is 19.3 Å². The number of carbonyl (C=O) groups is 1. The van der Waals surface area contributed by atoms with Crippen LogP contribution < -0.4 is 10.1 Å². The van der Waals surface area contributed by atoms with E-state index in [0.29, 0.717) is 5.69 Å². The Balaban J connectivity index is 1.60. The Labute approximate surface area is 180 Å². The van der Waals surface area contributed by atoms with E-state index in [4.69, 9.17) is 4.74 Å². The first-order chi connectivity index (χ1) is 14.8. The van der Waals surface area contributed by atoms with E-state index < -0.39 is 33.3 Å². The number of benzene rings is 1. The van der Waals surface area contributed by atoms with E-state index in [1.807, 2.05) is 0 Å². The van der Waals surface area contributed by atoms with E-state index >= 15 is 0 Å². The van der Waals surface area contributed by atoms with Crippen molar-refractivity contribution in [2.75, 3.05) is 19.0 Å². The molecule has 0 aliphatic heterocycles. The maximum Gasteiger partial charge on any atom is 0.406 e. The van der Waals surface area contributed by atoms with Gasteiger partial charge in [0.2, 0.25) is 15.8 Å². The summed E-state index contributed by atoms with van der Waals surface area (Å²) in [6.07, 6.45) is 6.17. The average Bonchev–Trinajstić information content (AvgIpc) is 2.78. The molecule has 1 N–H and O–H groups in total. The lowest BCUT2D eigenvalue weighted by atomic mass is 9.96. The predicted molar refractivity (Wildman–Crippen MR) is 113 cm³/mol. The van der Waals surface area contributed by atoms with Gasteiger partial charge in [0.05, 0.1) is 4.90 Å².